The third-order valence-electron chi connectivity index (χ3n) is 3.65. The molecule has 1 aliphatic carbocycles. The van der Waals surface area contributed by atoms with Crippen molar-refractivity contribution in [1.29, 1.82) is 0 Å². The Morgan fingerprint density at radius 3 is 2.26 bits per heavy atom. The van der Waals surface area contributed by atoms with Crippen LogP contribution in [0.3, 0.4) is 0 Å². The molecule has 2 rings (SSSR count). The van der Waals surface area contributed by atoms with E-state index >= 15 is 0 Å². The van der Waals surface area contributed by atoms with Crippen molar-refractivity contribution in [3.63, 3.8) is 0 Å². The summed E-state index contributed by atoms with van der Waals surface area (Å²) in [6, 6.07) is 4.60. The van der Waals surface area contributed by atoms with E-state index in [-0.39, 0.29) is 56.1 Å². The van der Waals surface area contributed by atoms with Crippen LogP contribution >= 0.6 is 0 Å². The van der Waals surface area contributed by atoms with Gasteiger partial charge in [0.05, 0.1) is 0 Å². The van der Waals surface area contributed by atoms with E-state index < -0.39 is 0 Å². The van der Waals surface area contributed by atoms with Crippen LogP contribution in [0.25, 0.3) is 0 Å². The van der Waals surface area contributed by atoms with Gasteiger partial charge >= 0.3 is 0 Å². The molecule has 0 radical (unpaired) electrons. The van der Waals surface area contributed by atoms with Gasteiger partial charge in [-0.25, -0.2) is 6.07 Å². The monoisotopic (exact) mass is 463 g/mol. The molecule has 0 aliphatic heterocycles. The van der Waals surface area contributed by atoms with Crippen molar-refractivity contribution in [2.45, 2.75) is 46.0 Å². The van der Waals surface area contributed by atoms with Gasteiger partial charge < -0.3 is 24.8 Å². The van der Waals surface area contributed by atoms with Crippen LogP contribution in [-0.4, -0.2) is 0 Å². The number of aryl methyl sites for hydroxylation is 2. The van der Waals surface area contributed by atoms with Gasteiger partial charge in [0.1, 0.15) is 0 Å². The Kier molecular flexibility index (Phi) is 9.70. The Labute approximate surface area is 148 Å². The Morgan fingerprint density at radius 1 is 1.21 bits per heavy atom. The van der Waals surface area contributed by atoms with Crippen molar-refractivity contribution < 1.29 is 50.7 Å². The summed E-state index contributed by atoms with van der Waals surface area (Å²) in [6.07, 6.45) is 9.24. The van der Waals surface area contributed by atoms with Gasteiger partial charge in [-0.2, -0.15) is 17.2 Å². The van der Waals surface area contributed by atoms with Crippen molar-refractivity contribution in [1.82, 2.24) is 0 Å². The van der Waals surface area contributed by atoms with Gasteiger partial charge in [0.15, 0.2) is 0 Å². The fourth-order valence-corrected chi connectivity index (χ4v) is 2.88. The smallest absolute Gasteiger partial charge is 0.00670 e. The van der Waals surface area contributed by atoms with E-state index in [9.17, 15) is 0 Å². The second kappa shape index (κ2) is 8.54. The molecule has 0 N–H and O–H groups in total. The average Bonchev–Trinajstić information content (AvgIpc) is 2.82. The van der Waals surface area contributed by atoms with E-state index in [4.69, 9.17) is 0 Å². The molecule has 0 saturated heterocycles. The summed E-state index contributed by atoms with van der Waals surface area (Å²) in [5.74, 6) is 0. The quantitative estimate of drug-likeness (QED) is 0.372. The van der Waals surface area contributed by atoms with Crippen LogP contribution in [0.2, 0.25) is 0 Å². The van der Waals surface area contributed by atoms with E-state index in [2.05, 4.69) is 58.1 Å². The molecule has 0 heterocycles. The van der Waals surface area contributed by atoms with Gasteiger partial charge in [-0.3, -0.25) is 0 Å². The maximum absolute atomic E-state index is 2.39. The third kappa shape index (κ3) is 4.12. The van der Waals surface area contributed by atoms with Crippen molar-refractivity contribution in [3.8, 4) is 0 Å². The maximum Gasteiger partial charge on any atom is 0.00670 e. The molecule has 1 aliphatic rings. The summed E-state index contributed by atoms with van der Waals surface area (Å²) in [5, 5.41) is 0. The Bertz CT molecular complexity index is 436. The molecule has 1 aromatic carbocycles. The second-order valence-electron chi connectivity index (χ2n) is 4.97. The zero-order valence-corrected chi connectivity index (χ0v) is 17.2. The summed E-state index contributed by atoms with van der Waals surface area (Å²) < 4.78 is 0. The molecule has 3 heteroatoms. The molecule has 19 heavy (non-hydrogen) atoms. The summed E-state index contributed by atoms with van der Waals surface area (Å²) in [5.41, 5.74) is 6.08. The molecule has 0 saturated carbocycles. The third-order valence-corrected chi connectivity index (χ3v) is 3.65. The van der Waals surface area contributed by atoms with Crippen molar-refractivity contribution >= 4 is 0 Å². The molecule has 1 aromatic rings. The van der Waals surface area contributed by atoms with Gasteiger partial charge in [0.25, 0.3) is 0 Å². The number of rotatable bonds is 3. The van der Waals surface area contributed by atoms with Crippen molar-refractivity contribution in [2.24, 2.45) is 0 Å². The Hall–Kier alpha value is 0.280. The van der Waals surface area contributed by atoms with E-state index in [1.165, 1.54) is 16.7 Å². The van der Waals surface area contributed by atoms with Gasteiger partial charge in [-0.05, 0) is 6.92 Å². The van der Waals surface area contributed by atoms with Gasteiger partial charge in [-0.15, -0.1) is 5.56 Å². The predicted octanol–water partition coefficient (Wildman–Crippen LogP) is -1.69. The Balaban J connectivity index is 0. The zero-order valence-electron chi connectivity index (χ0n) is 12.1. The van der Waals surface area contributed by atoms with Crippen LogP contribution in [0.15, 0.2) is 35.9 Å². The average molecular weight is 463 g/mol. The molecule has 0 spiro atoms. The summed E-state index contributed by atoms with van der Waals surface area (Å²) in [4.78, 5) is 0. The molecule has 1 atom stereocenters. The van der Waals surface area contributed by atoms with E-state index in [1.54, 1.807) is 5.56 Å². The summed E-state index contributed by atoms with van der Waals surface area (Å²) in [6.45, 7) is 9.00. The fourth-order valence-electron chi connectivity index (χ4n) is 2.88. The minimum absolute atomic E-state index is 0. The van der Waals surface area contributed by atoms with Crippen LogP contribution in [0.1, 0.15) is 44.4 Å². The standard InChI is InChI=1S/C16H21.2ClH.Hf/c1-5-13-7-8-14(6-2)15(13)16(4)10-9-12(3)11-16;;;/h7-11H,5-6H2,1-4H3;2*1H;/q-1;;;/p-2. The first-order valence-electron chi connectivity index (χ1n) is 6.27. The van der Waals surface area contributed by atoms with Crippen LogP contribution < -0.4 is 24.8 Å². The summed E-state index contributed by atoms with van der Waals surface area (Å²) >= 11 is 0. The first kappa shape index (κ1) is 21.6. The second-order valence-corrected chi connectivity index (χ2v) is 4.97. The SMILES string of the molecule is CCc1cc[c-](CC)c1C1(C)C=CC(C)=C1.[Cl-].[Cl-].[Hf]. The molecule has 106 valence electrons. The first-order chi connectivity index (χ1) is 7.60. The van der Waals surface area contributed by atoms with Crippen LogP contribution in [0.5, 0.6) is 0 Å². The molecule has 0 nitrogen and oxygen atoms in total. The maximum atomic E-state index is 2.39. The molecule has 0 bridgehead atoms. The minimum atomic E-state index is 0. The Morgan fingerprint density at radius 2 is 1.84 bits per heavy atom. The van der Waals surface area contributed by atoms with Crippen LogP contribution in [0.4, 0.5) is 0 Å². The predicted molar refractivity (Wildman–Crippen MR) is 71.0 cm³/mol. The molecule has 0 amide bonds. The number of hydrogen-bond acceptors (Lipinski definition) is 0. The minimum Gasteiger partial charge on any atom is -1.00 e. The largest absolute Gasteiger partial charge is 1.00 e. The van der Waals surface area contributed by atoms with Gasteiger partial charge in [0.2, 0.25) is 0 Å². The first-order valence-corrected chi connectivity index (χ1v) is 6.27. The van der Waals surface area contributed by atoms with E-state index in [0.29, 0.717) is 0 Å². The zero-order chi connectivity index (χ0) is 11.8. The molecule has 1 unspecified atom stereocenters. The molecular formula is C16H21Cl2Hf-3. The van der Waals surface area contributed by atoms with Crippen LogP contribution in [-0.2, 0) is 44.1 Å². The van der Waals surface area contributed by atoms with Crippen LogP contribution in [0, 0.1) is 0 Å². The van der Waals surface area contributed by atoms with Gasteiger partial charge in [-0.1, -0.05) is 57.4 Å². The number of halogens is 2. The summed E-state index contributed by atoms with van der Waals surface area (Å²) in [7, 11) is 0. The number of allylic oxidation sites excluding steroid dienone is 4. The van der Waals surface area contributed by atoms with Crippen molar-refractivity contribution in [3.05, 3.63) is 52.6 Å². The van der Waals surface area contributed by atoms with E-state index in [0.717, 1.165) is 12.8 Å². The molecular weight excluding hydrogens is 442 g/mol. The molecule has 0 fully saturated rings. The van der Waals surface area contributed by atoms with Gasteiger partial charge in [0, 0.05) is 31.3 Å². The van der Waals surface area contributed by atoms with E-state index in [1.807, 2.05) is 0 Å². The van der Waals surface area contributed by atoms with Crippen molar-refractivity contribution in [2.75, 3.05) is 0 Å². The number of hydrogen-bond donors (Lipinski definition) is 0. The normalized spacial score (nSPS) is 20.1. The molecule has 0 aromatic heterocycles. The fraction of sp³-hybridized carbons (Fsp3) is 0.438. The topological polar surface area (TPSA) is 0 Å².